The van der Waals surface area contributed by atoms with Crippen LogP contribution >= 0.6 is 12.4 Å². The number of aliphatic hydroxyl groups is 1. The van der Waals surface area contributed by atoms with Crippen molar-refractivity contribution in [1.82, 2.24) is 5.32 Å². The highest BCUT2D eigenvalue weighted by Crippen LogP contribution is 2.31. The molecule has 0 aromatic heterocycles. The summed E-state index contributed by atoms with van der Waals surface area (Å²) in [5.41, 5.74) is 1.43. The van der Waals surface area contributed by atoms with E-state index in [0.717, 1.165) is 12.2 Å². The van der Waals surface area contributed by atoms with Gasteiger partial charge >= 0.3 is 0 Å². The number of benzene rings is 1. The van der Waals surface area contributed by atoms with Crippen LogP contribution < -0.4 is 10.1 Å². The minimum Gasteiger partial charge on any atom is -0.491 e. The van der Waals surface area contributed by atoms with E-state index in [0.29, 0.717) is 13.2 Å². The molecule has 0 spiro atoms. The van der Waals surface area contributed by atoms with Gasteiger partial charge in [0.1, 0.15) is 18.5 Å². The smallest absolute Gasteiger partial charge is 0.123 e. The number of β-amino-alcohol motifs (C(OH)–C–C–N with tert-alkyl or cyclic N) is 1. The van der Waals surface area contributed by atoms with Gasteiger partial charge in [-0.25, -0.2) is 0 Å². The Labute approximate surface area is 161 Å². The molecule has 0 fully saturated rings. The molecular formula is C21H38ClNO2. The number of aliphatic hydroxyl groups excluding tert-OH is 1. The van der Waals surface area contributed by atoms with E-state index in [-0.39, 0.29) is 28.8 Å². The van der Waals surface area contributed by atoms with Crippen LogP contribution in [0.1, 0.15) is 67.4 Å². The van der Waals surface area contributed by atoms with Gasteiger partial charge < -0.3 is 15.2 Å². The zero-order valence-electron chi connectivity index (χ0n) is 17.3. The largest absolute Gasteiger partial charge is 0.491 e. The summed E-state index contributed by atoms with van der Waals surface area (Å²) in [6.07, 6.45) is 0.512. The van der Waals surface area contributed by atoms with Crippen LogP contribution in [0.4, 0.5) is 0 Å². The van der Waals surface area contributed by atoms with Crippen LogP contribution in [0.25, 0.3) is 0 Å². The van der Waals surface area contributed by atoms with Crippen molar-refractivity contribution in [1.29, 1.82) is 0 Å². The molecule has 0 amide bonds. The molecule has 0 bridgehead atoms. The fourth-order valence-electron chi connectivity index (χ4n) is 3.24. The quantitative estimate of drug-likeness (QED) is 0.712. The third-order valence-corrected chi connectivity index (χ3v) is 3.91. The summed E-state index contributed by atoms with van der Waals surface area (Å²) in [5.74, 6) is 0.859. The van der Waals surface area contributed by atoms with Gasteiger partial charge in [0.15, 0.2) is 0 Å². The van der Waals surface area contributed by atoms with E-state index < -0.39 is 6.10 Å². The molecule has 4 heteroatoms. The third-order valence-electron chi connectivity index (χ3n) is 3.91. The van der Waals surface area contributed by atoms with Crippen LogP contribution in [0.15, 0.2) is 24.3 Å². The normalized spacial score (nSPS) is 14.0. The lowest BCUT2D eigenvalue weighted by Crippen LogP contribution is -2.46. The second kappa shape index (κ2) is 9.25. The maximum absolute atomic E-state index is 10.3. The first-order chi connectivity index (χ1) is 10.8. The van der Waals surface area contributed by atoms with Crippen LogP contribution in [0.2, 0.25) is 0 Å². The predicted octanol–water partition coefficient (Wildman–Crippen LogP) is 4.95. The predicted molar refractivity (Wildman–Crippen MR) is 110 cm³/mol. The highest BCUT2D eigenvalue weighted by Gasteiger charge is 2.25. The molecule has 0 heterocycles. The topological polar surface area (TPSA) is 41.5 Å². The highest BCUT2D eigenvalue weighted by atomic mass is 35.5. The van der Waals surface area contributed by atoms with Gasteiger partial charge in [-0.05, 0) is 42.7 Å². The Morgan fingerprint density at radius 1 is 1.00 bits per heavy atom. The summed E-state index contributed by atoms with van der Waals surface area (Å²) in [7, 11) is 0. The second-order valence-electron chi connectivity index (χ2n) is 9.71. The van der Waals surface area contributed by atoms with Crippen molar-refractivity contribution in [3.05, 3.63) is 29.8 Å². The molecule has 0 aliphatic heterocycles. The first kappa shape index (κ1) is 24.2. The van der Waals surface area contributed by atoms with Gasteiger partial charge in [0.2, 0.25) is 0 Å². The van der Waals surface area contributed by atoms with E-state index >= 15 is 0 Å². The SMILES string of the molecule is CC(C)(C)CC(C)(C)NCC(O)COc1ccccc1C(C)(C)C.Cl. The summed E-state index contributed by atoms with van der Waals surface area (Å²) >= 11 is 0. The fraction of sp³-hybridized carbons (Fsp3) is 0.714. The second-order valence-corrected chi connectivity index (χ2v) is 9.71. The third kappa shape index (κ3) is 9.48. The molecule has 1 rings (SSSR count). The van der Waals surface area contributed by atoms with Crippen molar-refractivity contribution in [3.63, 3.8) is 0 Å². The number of nitrogens with one attached hydrogen (secondary N) is 1. The van der Waals surface area contributed by atoms with Crippen molar-refractivity contribution in [2.24, 2.45) is 5.41 Å². The standard InChI is InChI=1S/C21H37NO2.ClH/c1-19(2,3)15-21(7,8)22-13-16(23)14-24-18-12-10-9-11-17(18)20(4,5)6;/h9-12,16,22-23H,13-15H2,1-8H3;1H. The number of hydrogen-bond acceptors (Lipinski definition) is 3. The molecule has 2 N–H and O–H groups in total. The average Bonchev–Trinajstić information content (AvgIpc) is 2.40. The number of para-hydroxylation sites is 1. The summed E-state index contributed by atoms with van der Waals surface area (Å²) < 4.78 is 5.90. The first-order valence-corrected chi connectivity index (χ1v) is 8.96. The lowest BCUT2D eigenvalue weighted by atomic mass is 9.82. The van der Waals surface area contributed by atoms with Gasteiger partial charge in [-0.15, -0.1) is 12.4 Å². The molecule has 0 saturated carbocycles. The molecule has 0 aliphatic carbocycles. The Balaban J connectivity index is 0.00000576. The van der Waals surface area contributed by atoms with Crippen molar-refractivity contribution in [3.8, 4) is 5.75 Å². The first-order valence-electron chi connectivity index (χ1n) is 8.96. The fourth-order valence-corrected chi connectivity index (χ4v) is 3.24. The van der Waals surface area contributed by atoms with E-state index in [1.807, 2.05) is 18.2 Å². The van der Waals surface area contributed by atoms with Gasteiger partial charge in [0.25, 0.3) is 0 Å². The van der Waals surface area contributed by atoms with E-state index in [4.69, 9.17) is 4.74 Å². The highest BCUT2D eigenvalue weighted by molar-refractivity contribution is 5.85. The van der Waals surface area contributed by atoms with Crippen molar-refractivity contribution < 1.29 is 9.84 Å². The lowest BCUT2D eigenvalue weighted by molar-refractivity contribution is 0.0935. The summed E-state index contributed by atoms with van der Waals surface area (Å²) in [5, 5.41) is 13.7. The van der Waals surface area contributed by atoms with Crippen LogP contribution in [-0.2, 0) is 5.41 Å². The Kier molecular flexibility index (Phi) is 8.96. The molecular weight excluding hydrogens is 334 g/mol. The van der Waals surface area contributed by atoms with Crippen LogP contribution in [0.3, 0.4) is 0 Å². The zero-order valence-corrected chi connectivity index (χ0v) is 18.1. The van der Waals surface area contributed by atoms with Crippen LogP contribution in [0.5, 0.6) is 5.75 Å². The van der Waals surface area contributed by atoms with E-state index in [9.17, 15) is 5.11 Å². The van der Waals surface area contributed by atoms with E-state index in [1.54, 1.807) is 0 Å². The summed E-state index contributed by atoms with van der Waals surface area (Å²) in [4.78, 5) is 0. The van der Waals surface area contributed by atoms with Gasteiger partial charge in [0.05, 0.1) is 0 Å². The van der Waals surface area contributed by atoms with Crippen molar-refractivity contribution in [2.75, 3.05) is 13.2 Å². The lowest BCUT2D eigenvalue weighted by Gasteiger charge is -2.34. The number of rotatable bonds is 7. The van der Waals surface area contributed by atoms with Crippen molar-refractivity contribution >= 4 is 12.4 Å². The maximum Gasteiger partial charge on any atom is 0.123 e. The molecule has 1 unspecified atom stereocenters. The Morgan fingerprint density at radius 2 is 1.56 bits per heavy atom. The van der Waals surface area contributed by atoms with Gasteiger partial charge in [-0.2, -0.15) is 0 Å². The molecule has 25 heavy (non-hydrogen) atoms. The van der Waals surface area contributed by atoms with E-state index in [1.165, 1.54) is 5.56 Å². The van der Waals surface area contributed by atoms with Crippen molar-refractivity contribution in [2.45, 2.75) is 78.9 Å². The molecule has 1 aromatic rings. The molecule has 1 atom stereocenters. The molecule has 146 valence electrons. The maximum atomic E-state index is 10.3. The van der Waals surface area contributed by atoms with Crippen LogP contribution in [0, 0.1) is 5.41 Å². The molecule has 1 aromatic carbocycles. The molecule has 0 radical (unpaired) electrons. The van der Waals surface area contributed by atoms with E-state index in [2.05, 4.69) is 66.8 Å². The Morgan fingerprint density at radius 3 is 2.08 bits per heavy atom. The zero-order chi connectivity index (χ0) is 18.6. The molecule has 0 aliphatic rings. The summed E-state index contributed by atoms with van der Waals surface area (Å²) in [6.45, 7) is 18.4. The van der Waals surface area contributed by atoms with Gasteiger partial charge in [0, 0.05) is 12.1 Å². The number of hydrogen-bond donors (Lipinski definition) is 2. The van der Waals surface area contributed by atoms with Crippen LogP contribution in [-0.4, -0.2) is 29.9 Å². The minimum absolute atomic E-state index is 0. The minimum atomic E-state index is -0.530. The average molecular weight is 372 g/mol. The van der Waals surface area contributed by atoms with Gasteiger partial charge in [-0.1, -0.05) is 59.7 Å². The Bertz CT molecular complexity index is 515. The molecule has 0 saturated heterocycles. The molecule has 3 nitrogen and oxygen atoms in total. The monoisotopic (exact) mass is 371 g/mol. The summed E-state index contributed by atoms with van der Waals surface area (Å²) in [6, 6.07) is 8.07. The number of ether oxygens (including phenoxy) is 1. The Hall–Kier alpha value is -0.770. The van der Waals surface area contributed by atoms with Gasteiger partial charge in [-0.3, -0.25) is 0 Å². The number of halogens is 1.